The van der Waals surface area contributed by atoms with Crippen LogP contribution in [0.1, 0.15) is 32.7 Å². The summed E-state index contributed by atoms with van der Waals surface area (Å²) in [5.74, 6) is -3.54. The number of benzene rings is 2. The predicted molar refractivity (Wildman–Crippen MR) is 147 cm³/mol. The van der Waals surface area contributed by atoms with Crippen molar-refractivity contribution in [2.75, 3.05) is 13.2 Å². The Kier molecular flexibility index (Phi) is 7.99. The minimum atomic E-state index is -2.29. The molecule has 2 aromatic carbocycles. The number of nitrogens with zero attached hydrogens (tertiary/aromatic N) is 1. The monoisotopic (exact) mass is 547 g/mol. The van der Waals surface area contributed by atoms with Crippen LogP contribution in [0.4, 0.5) is 0 Å². The van der Waals surface area contributed by atoms with E-state index in [9.17, 15) is 19.8 Å². The van der Waals surface area contributed by atoms with Crippen molar-refractivity contribution in [3.63, 3.8) is 0 Å². The lowest BCUT2D eigenvalue weighted by molar-refractivity contribution is -0.314. The van der Waals surface area contributed by atoms with E-state index in [1.807, 2.05) is 36.4 Å². The van der Waals surface area contributed by atoms with Crippen LogP contribution in [0.5, 0.6) is 0 Å². The molecule has 0 spiro atoms. The average Bonchev–Trinajstić information content (AvgIpc) is 3.19. The number of hydrogen-bond acceptors (Lipinski definition) is 8. The Balaban J connectivity index is 1.54. The molecule has 1 saturated heterocycles. The van der Waals surface area contributed by atoms with Crippen molar-refractivity contribution in [2.45, 2.75) is 43.2 Å². The molecule has 2 N–H and O–H groups in total. The molecule has 1 fully saturated rings. The number of carbonyl (C=O) groups is 2. The first kappa shape index (κ1) is 27.3. The standard InChI is InChI=1S/C30H29NO7S/c1-2-16-37-26-25(32)23(18-36-17-19-10-4-3-5-11-19)38-30(35,22-14-8-9-15-24(22)39)27(26)31-28(33)20-12-6-7-13-21(20)29(31)34/h2-14,23,25-27,32,35H,1,15-18H2/t23-,25-,26+,27-,30-/m1/s1. The normalized spacial score (nSPS) is 28.4. The number of hydrogen-bond donors (Lipinski definition) is 2. The van der Waals surface area contributed by atoms with Crippen LogP contribution in [0.15, 0.2) is 91.1 Å². The number of thiocarbonyl (C=S) groups is 1. The molecule has 5 atom stereocenters. The fraction of sp³-hybridized carbons (Fsp3) is 0.300. The first-order chi connectivity index (χ1) is 18.9. The Labute approximate surface area is 231 Å². The molecule has 0 bridgehead atoms. The molecular weight excluding hydrogens is 518 g/mol. The molecule has 0 unspecified atom stereocenters. The number of amides is 2. The van der Waals surface area contributed by atoms with Crippen LogP contribution in [-0.4, -0.2) is 75.1 Å². The first-order valence-corrected chi connectivity index (χ1v) is 13.1. The topological polar surface area (TPSA) is 106 Å². The number of rotatable bonds is 9. The molecule has 2 aromatic rings. The van der Waals surface area contributed by atoms with Gasteiger partial charge in [-0.05, 0) is 17.7 Å². The van der Waals surface area contributed by atoms with Gasteiger partial charge in [-0.25, -0.2) is 0 Å². The second-order valence-electron chi connectivity index (χ2n) is 9.54. The Hall–Kier alpha value is -3.31. The molecule has 0 saturated carbocycles. The smallest absolute Gasteiger partial charge is 0.262 e. The van der Waals surface area contributed by atoms with Crippen LogP contribution in [0.2, 0.25) is 0 Å². The highest BCUT2D eigenvalue weighted by atomic mass is 32.1. The van der Waals surface area contributed by atoms with Crippen LogP contribution in [-0.2, 0) is 20.8 Å². The summed E-state index contributed by atoms with van der Waals surface area (Å²) >= 11 is 5.58. The zero-order valence-corrected chi connectivity index (χ0v) is 22.0. The van der Waals surface area contributed by atoms with Gasteiger partial charge in [-0.3, -0.25) is 14.5 Å². The number of allylic oxidation sites excluding steroid dienone is 3. The van der Waals surface area contributed by atoms with Crippen molar-refractivity contribution in [1.82, 2.24) is 4.90 Å². The summed E-state index contributed by atoms with van der Waals surface area (Å²) in [4.78, 5) is 28.5. The number of ether oxygens (including phenoxy) is 3. The van der Waals surface area contributed by atoms with Crippen molar-refractivity contribution >= 4 is 28.9 Å². The molecule has 2 amide bonds. The Morgan fingerprint density at radius 3 is 2.41 bits per heavy atom. The fourth-order valence-corrected chi connectivity index (χ4v) is 5.54. The highest BCUT2D eigenvalue weighted by Crippen LogP contribution is 2.42. The maximum atomic E-state index is 13.6. The van der Waals surface area contributed by atoms with Crippen LogP contribution in [0.25, 0.3) is 0 Å². The van der Waals surface area contributed by atoms with Gasteiger partial charge in [0.2, 0.25) is 5.79 Å². The van der Waals surface area contributed by atoms with E-state index in [2.05, 4.69) is 6.58 Å². The van der Waals surface area contributed by atoms with E-state index in [1.165, 1.54) is 6.08 Å². The highest BCUT2D eigenvalue weighted by molar-refractivity contribution is 7.80. The van der Waals surface area contributed by atoms with Crippen LogP contribution >= 0.6 is 12.2 Å². The molecule has 5 rings (SSSR count). The quantitative estimate of drug-likeness (QED) is 0.280. The third kappa shape index (κ3) is 5.05. The van der Waals surface area contributed by atoms with E-state index in [0.29, 0.717) is 11.3 Å². The lowest BCUT2D eigenvalue weighted by Crippen LogP contribution is -2.72. The predicted octanol–water partition coefficient (Wildman–Crippen LogP) is 3.14. The molecule has 39 heavy (non-hydrogen) atoms. The molecule has 3 aliphatic rings. The van der Waals surface area contributed by atoms with Gasteiger partial charge in [-0.1, -0.05) is 79.0 Å². The molecule has 0 aromatic heterocycles. The lowest BCUT2D eigenvalue weighted by atomic mass is 9.81. The molecule has 9 heteroatoms. The van der Waals surface area contributed by atoms with Crippen LogP contribution in [0, 0.1) is 0 Å². The third-order valence-corrected chi connectivity index (χ3v) is 7.44. The van der Waals surface area contributed by atoms with Gasteiger partial charge < -0.3 is 24.4 Å². The molecule has 202 valence electrons. The van der Waals surface area contributed by atoms with Gasteiger partial charge in [0.05, 0.1) is 30.9 Å². The van der Waals surface area contributed by atoms with E-state index in [4.69, 9.17) is 26.4 Å². The van der Waals surface area contributed by atoms with Crippen molar-refractivity contribution in [3.8, 4) is 0 Å². The zero-order chi connectivity index (χ0) is 27.6. The summed E-state index contributed by atoms with van der Waals surface area (Å²) in [6.45, 7) is 3.81. The molecule has 2 heterocycles. The van der Waals surface area contributed by atoms with Crippen molar-refractivity contribution in [2.24, 2.45) is 0 Å². The Morgan fingerprint density at radius 1 is 1.10 bits per heavy atom. The van der Waals surface area contributed by atoms with Crippen molar-refractivity contribution < 1.29 is 34.0 Å². The third-order valence-electron chi connectivity index (χ3n) is 7.05. The van der Waals surface area contributed by atoms with E-state index in [1.54, 1.807) is 36.4 Å². The molecular formula is C30H29NO7S. The number of aliphatic hydroxyl groups is 2. The first-order valence-electron chi connectivity index (χ1n) is 12.7. The Morgan fingerprint density at radius 2 is 1.77 bits per heavy atom. The van der Waals surface area contributed by atoms with Crippen LogP contribution < -0.4 is 0 Å². The fourth-order valence-electron chi connectivity index (χ4n) is 5.23. The summed E-state index contributed by atoms with van der Waals surface area (Å²) in [5, 5.41) is 23.8. The number of fused-ring (bicyclic) bond motifs is 1. The summed E-state index contributed by atoms with van der Waals surface area (Å²) in [5.41, 5.74) is 1.52. The van der Waals surface area contributed by atoms with E-state index >= 15 is 0 Å². The van der Waals surface area contributed by atoms with Gasteiger partial charge in [-0.15, -0.1) is 6.58 Å². The van der Waals surface area contributed by atoms with Gasteiger partial charge >= 0.3 is 0 Å². The second-order valence-corrected chi connectivity index (χ2v) is 10.0. The van der Waals surface area contributed by atoms with Gasteiger partial charge in [0.15, 0.2) is 0 Å². The second kappa shape index (κ2) is 11.4. The summed E-state index contributed by atoms with van der Waals surface area (Å²) < 4.78 is 18.0. The number of imide groups is 1. The minimum Gasteiger partial charge on any atom is -0.388 e. The minimum absolute atomic E-state index is 0.0154. The molecule has 0 radical (unpaired) electrons. The van der Waals surface area contributed by atoms with E-state index in [0.717, 1.165) is 10.5 Å². The van der Waals surface area contributed by atoms with Crippen molar-refractivity contribution in [3.05, 3.63) is 108 Å². The molecule has 2 aliphatic heterocycles. The van der Waals surface area contributed by atoms with Crippen molar-refractivity contribution in [1.29, 1.82) is 0 Å². The van der Waals surface area contributed by atoms with E-state index in [-0.39, 0.29) is 36.5 Å². The molecule has 1 aliphatic carbocycles. The summed E-state index contributed by atoms with van der Waals surface area (Å²) in [6.07, 6.45) is 3.29. The largest absolute Gasteiger partial charge is 0.388 e. The highest BCUT2D eigenvalue weighted by Gasteiger charge is 2.62. The average molecular weight is 548 g/mol. The van der Waals surface area contributed by atoms with Gasteiger partial charge in [0, 0.05) is 16.9 Å². The van der Waals surface area contributed by atoms with E-state index < -0.39 is 42.0 Å². The zero-order valence-electron chi connectivity index (χ0n) is 21.1. The summed E-state index contributed by atoms with van der Waals surface area (Å²) in [7, 11) is 0. The molecule has 8 nitrogen and oxygen atoms in total. The number of carbonyl (C=O) groups excluding carboxylic acids is 2. The van der Waals surface area contributed by atoms with Gasteiger partial charge in [-0.2, -0.15) is 0 Å². The van der Waals surface area contributed by atoms with Gasteiger partial charge in [0.25, 0.3) is 11.8 Å². The maximum absolute atomic E-state index is 13.6. The van der Waals surface area contributed by atoms with Crippen LogP contribution in [0.3, 0.4) is 0 Å². The Bertz CT molecular complexity index is 1300. The lowest BCUT2D eigenvalue weighted by Gasteiger charge is -2.52. The SMILES string of the molecule is C=CCO[C@H]1[C@H](O)[C@@H](COCc2ccccc2)O[C@](O)(C2=CC=CCC2=S)[C@@H]1N1C(=O)c2ccccc2C1=O. The number of aliphatic hydroxyl groups excluding tert-OH is 1. The van der Waals surface area contributed by atoms with Gasteiger partial charge in [0.1, 0.15) is 24.4 Å². The maximum Gasteiger partial charge on any atom is 0.262 e. The summed E-state index contributed by atoms with van der Waals surface area (Å²) in [6, 6.07) is 14.4.